The zero-order chi connectivity index (χ0) is 13.8. The van der Waals surface area contributed by atoms with E-state index in [4.69, 9.17) is 9.84 Å². The molecule has 0 saturated carbocycles. The van der Waals surface area contributed by atoms with Gasteiger partial charge in [0.2, 0.25) is 0 Å². The molecule has 5 heteroatoms. The smallest absolute Gasteiger partial charge is 0.335 e. The molecule has 0 radical (unpaired) electrons. The summed E-state index contributed by atoms with van der Waals surface area (Å²) in [7, 11) is 0. The van der Waals surface area contributed by atoms with Crippen molar-refractivity contribution in [1.29, 1.82) is 0 Å². The average Bonchev–Trinajstić information content (AvgIpc) is 2.85. The van der Waals surface area contributed by atoms with Crippen molar-refractivity contribution >= 4 is 17.3 Å². The van der Waals surface area contributed by atoms with Gasteiger partial charge in [-0.1, -0.05) is 19.9 Å². The molecule has 1 aromatic carbocycles. The molecule has 2 rings (SSSR count). The van der Waals surface area contributed by atoms with Crippen LogP contribution in [-0.4, -0.2) is 16.1 Å². The lowest BCUT2D eigenvalue weighted by Gasteiger charge is -2.05. The molecule has 19 heavy (non-hydrogen) atoms. The summed E-state index contributed by atoms with van der Waals surface area (Å²) in [4.78, 5) is 15.3. The van der Waals surface area contributed by atoms with Crippen LogP contribution in [0.15, 0.2) is 29.6 Å². The Labute approximate surface area is 115 Å². The maximum atomic E-state index is 10.8. The second-order valence-corrected chi connectivity index (χ2v) is 5.34. The SMILES string of the molecule is CC(C)c1nc(COc2cccc(C(=O)O)c2)cs1. The van der Waals surface area contributed by atoms with E-state index in [0.717, 1.165) is 10.7 Å². The molecule has 0 amide bonds. The van der Waals surface area contributed by atoms with E-state index in [1.54, 1.807) is 23.5 Å². The fraction of sp³-hybridized carbons (Fsp3) is 0.286. The van der Waals surface area contributed by atoms with Gasteiger partial charge in [0.25, 0.3) is 0 Å². The molecule has 0 aliphatic rings. The molecule has 4 nitrogen and oxygen atoms in total. The van der Waals surface area contributed by atoms with Crippen molar-refractivity contribution in [3.63, 3.8) is 0 Å². The second kappa shape index (κ2) is 5.84. The molecule has 1 aromatic heterocycles. The number of hydrogen-bond acceptors (Lipinski definition) is 4. The maximum absolute atomic E-state index is 10.8. The van der Waals surface area contributed by atoms with Crippen molar-refractivity contribution in [2.24, 2.45) is 0 Å². The highest BCUT2D eigenvalue weighted by molar-refractivity contribution is 7.09. The number of nitrogens with zero attached hydrogens (tertiary/aromatic N) is 1. The van der Waals surface area contributed by atoms with E-state index >= 15 is 0 Å². The normalized spacial score (nSPS) is 10.7. The first-order chi connectivity index (χ1) is 9.06. The molecule has 1 N–H and O–H groups in total. The lowest BCUT2D eigenvalue weighted by Crippen LogP contribution is -1.99. The lowest BCUT2D eigenvalue weighted by atomic mass is 10.2. The third-order valence-electron chi connectivity index (χ3n) is 2.53. The van der Waals surface area contributed by atoms with Crippen molar-refractivity contribution in [3.05, 3.63) is 45.9 Å². The zero-order valence-corrected chi connectivity index (χ0v) is 11.6. The Morgan fingerprint density at radius 2 is 2.26 bits per heavy atom. The molecule has 0 aliphatic carbocycles. The van der Waals surface area contributed by atoms with Crippen molar-refractivity contribution in [2.45, 2.75) is 26.4 Å². The van der Waals surface area contributed by atoms with E-state index in [1.165, 1.54) is 12.1 Å². The van der Waals surface area contributed by atoms with Crippen molar-refractivity contribution in [2.75, 3.05) is 0 Å². The van der Waals surface area contributed by atoms with Gasteiger partial charge >= 0.3 is 5.97 Å². The van der Waals surface area contributed by atoms with Crippen LogP contribution in [0.5, 0.6) is 5.75 Å². The van der Waals surface area contributed by atoms with Gasteiger partial charge in [0.05, 0.1) is 16.3 Å². The van der Waals surface area contributed by atoms with Gasteiger partial charge in [0.1, 0.15) is 12.4 Å². The molecular formula is C14H15NO3S. The van der Waals surface area contributed by atoms with E-state index in [2.05, 4.69) is 18.8 Å². The summed E-state index contributed by atoms with van der Waals surface area (Å²) >= 11 is 1.62. The Bertz CT molecular complexity index is 578. The highest BCUT2D eigenvalue weighted by Gasteiger charge is 2.07. The fourth-order valence-electron chi connectivity index (χ4n) is 1.53. The van der Waals surface area contributed by atoms with Crippen molar-refractivity contribution in [1.82, 2.24) is 4.98 Å². The summed E-state index contributed by atoms with van der Waals surface area (Å²) in [5.41, 5.74) is 1.09. The Kier molecular flexibility index (Phi) is 4.16. The summed E-state index contributed by atoms with van der Waals surface area (Å²) in [5, 5.41) is 11.9. The van der Waals surface area contributed by atoms with Gasteiger partial charge < -0.3 is 9.84 Å². The minimum atomic E-state index is -0.957. The number of hydrogen-bond donors (Lipinski definition) is 1. The van der Waals surface area contributed by atoms with Gasteiger partial charge in [-0.15, -0.1) is 11.3 Å². The predicted molar refractivity (Wildman–Crippen MR) is 73.9 cm³/mol. The molecule has 0 aliphatic heterocycles. The first-order valence-corrected chi connectivity index (χ1v) is 6.84. The van der Waals surface area contributed by atoms with Crippen LogP contribution in [0.25, 0.3) is 0 Å². The maximum Gasteiger partial charge on any atom is 0.335 e. The topological polar surface area (TPSA) is 59.4 Å². The number of carbonyl (C=O) groups is 1. The molecule has 2 aromatic rings. The number of carboxylic acids is 1. The van der Waals surface area contributed by atoms with Crippen LogP contribution in [-0.2, 0) is 6.61 Å². The van der Waals surface area contributed by atoms with Crippen LogP contribution < -0.4 is 4.74 Å². The lowest BCUT2D eigenvalue weighted by molar-refractivity contribution is 0.0696. The van der Waals surface area contributed by atoms with Crippen molar-refractivity contribution in [3.8, 4) is 5.75 Å². The van der Waals surface area contributed by atoms with Gasteiger partial charge in [-0.3, -0.25) is 0 Å². The average molecular weight is 277 g/mol. The van der Waals surface area contributed by atoms with Crippen LogP contribution >= 0.6 is 11.3 Å². The molecule has 0 atom stereocenters. The standard InChI is InChI=1S/C14H15NO3S/c1-9(2)13-15-11(8-19-13)7-18-12-5-3-4-10(6-12)14(16)17/h3-6,8-9H,7H2,1-2H3,(H,16,17). The first kappa shape index (κ1) is 13.5. The number of carboxylic acid groups (broad SMARTS) is 1. The highest BCUT2D eigenvalue weighted by atomic mass is 32.1. The fourth-order valence-corrected chi connectivity index (χ4v) is 2.35. The van der Waals surface area contributed by atoms with Crippen LogP contribution in [0.1, 0.15) is 40.8 Å². The van der Waals surface area contributed by atoms with Crippen LogP contribution in [0.4, 0.5) is 0 Å². The molecule has 0 spiro atoms. The summed E-state index contributed by atoms with van der Waals surface area (Å²) in [6.45, 7) is 4.55. The molecule has 1 heterocycles. The summed E-state index contributed by atoms with van der Waals surface area (Å²) in [5.74, 6) is -0.00529. The number of ether oxygens (including phenoxy) is 1. The summed E-state index contributed by atoms with van der Waals surface area (Å²) < 4.78 is 5.56. The number of benzene rings is 1. The largest absolute Gasteiger partial charge is 0.487 e. The highest BCUT2D eigenvalue weighted by Crippen LogP contribution is 2.20. The van der Waals surface area contributed by atoms with E-state index in [9.17, 15) is 4.79 Å². The number of thiazole rings is 1. The molecule has 0 bridgehead atoms. The van der Waals surface area contributed by atoms with E-state index < -0.39 is 5.97 Å². The first-order valence-electron chi connectivity index (χ1n) is 5.96. The third kappa shape index (κ3) is 3.54. The quantitative estimate of drug-likeness (QED) is 0.908. The van der Waals surface area contributed by atoms with E-state index in [0.29, 0.717) is 18.3 Å². The molecular weight excluding hydrogens is 262 g/mol. The number of rotatable bonds is 5. The van der Waals surface area contributed by atoms with Gasteiger partial charge in [0, 0.05) is 11.3 Å². The molecule has 0 saturated heterocycles. The summed E-state index contributed by atoms with van der Waals surface area (Å²) in [6.07, 6.45) is 0. The monoisotopic (exact) mass is 277 g/mol. The Morgan fingerprint density at radius 3 is 2.89 bits per heavy atom. The molecule has 0 unspecified atom stereocenters. The molecule has 0 fully saturated rings. The van der Waals surface area contributed by atoms with Crippen LogP contribution in [0, 0.1) is 0 Å². The number of aromatic carboxylic acids is 1. The number of aromatic nitrogens is 1. The Hall–Kier alpha value is -1.88. The third-order valence-corrected chi connectivity index (χ3v) is 3.73. The Morgan fingerprint density at radius 1 is 1.47 bits per heavy atom. The van der Waals surface area contributed by atoms with Gasteiger partial charge in [-0.05, 0) is 18.2 Å². The van der Waals surface area contributed by atoms with Gasteiger partial charge in [0.15, 0.2) is 0 Å². The van der Waals surface area contributed by atoms with Crippen LogP contribution in [0.3, 0.4) is 0 Å². The van der Waals surface area contributed by atoms with Gasteiger partial charge in [-0.2, -0.15) is 0 Å². The minimum Gasteiger partial charge on any atom is -0.487 e. The van der Waals surface area contributed by atoms with Gasteiger partial charge in [-0.25, -0.2) is 9.78 Å². The predicted octanol–water partition coefficient (Wildman–Crippen LogP) is 3.54. The Balaban J connectivity index is 2.01. The second-order valence-electron chi connectivity index (χ2n) is 4.45. The van der Waals surface area contributed by atoms with E-state index in [1.807, 2.05) is 5.38 Å². The minimum absolute atomic E-state index is 0.221. The van der Waals surface area contributed by atoms with E-state index in [-0.39, 0.29) is 5.56 Å². The molecule has 100 valence electrons. The summed E-state index contributed by atoms with van der Waals surface area (Å²) in [6, 6.07) is 6.45. The van der Waals surface area contributed by atoms with Crippen molar-refractivity contribution < 1.29 is 14.6 Å². The van der Waals surface area contributed by atoms with Crippen LogP contribution in [0.2, 0.25) is 0 Å². The zero-order valence-electron chi connectivity index (χ0n) is 10.8.